The van der Waals surface area contributed by atoms with E-state index in [1.54, 1.807) is 24.3 Å². The van der Waals surface area contributed by atoms with Crippen molar-refractivity contribution in [3.8, 4) is 5.75 Å². The number of hydrogen-bond acceptors (Lipinski definition) is 7. The molecule has 8 nitrogen and oxygen atoms in total. The molecule has 0 fully saturated rings. The summed E-state index contributed by atoms with van der Waals surface area (Å²) in [5.74, 6) is -17.1. The Morgan fingerprint density at radius 3 is 1.70 bits per heavy atom. The van der Waals surface area contributed by atoms with Gasteiger partial charge < -0.3 is 10.2 Å². The number of halogens is 7. The Kier molecular flexibility index (Phi) is 18.2. The monoisotopic (exact) mass is 785 g/mol. The van der Waals surface area contributed by atoms with Gasteiger partial charge >= 0.3 is 47.6 Å². The van der Waals surface area contributed by atoms with Gasteiger partial charge in [0.05, 0.1) is 11.4 Å². The molecule has 0 bridgehead atoms. The van der Waals surface area contributed by atoms with Crippen LogP contribution in [0.5, 0.6) is 5.75 Å². The minimum Gasteiger partial charge on any atom is -0.857 e. The van der Waals surface area contributed by atoms with Crippen molar-refractivity contribution in [3.05, 3.63) is 54.1 Å². The third kappa shape index (κ3) is 13.2. The zero-order chi connectivity index (χ0) is 38.6. The fourth-order valence-electron chi connectivity index (χ4n) is 5.55. The van der Waals surface area contributed by atoms with Crippen LogP contribution < -0.4 is 34.7 Å². The minimum atomic E-state index is -6.76. The first-order valence-electron chi connectivity index (χ1n) is 17.3. The van der Waals surface area contributed by atoms with Gasteiger partial charge in [-0.15, -0.1) is 5.11 Å². The summed E-state index contributed by atoms with van der Waals surface area (Å²) in [7, 11) is -5.05. The van der Waals surface area contributed by atoms with Crippen LogP contribution >= 0.6 is 0 Å². The standard InChI is InChI=1S/C36H44F7N3O5S.Na/c1-2-3-4-5-6-7-8-9-10-11-12-13-14-15-16-25-17-20-27(21-18-25)45-46-31-30(52(49,50)51)23-26-19-22-28(24-29(26)32(31)47)44-33(48)34(37,38)35(39,40)36(41,42)43;/h17-24,47H,2-16H2,1H3,(H,44,48)(H,49,50,51);/q;+1/p-1. The van der Waals surface area contributed by atoms with Gasteiger partial charge in [0.25, 0.3) is 10.1 Å². The van der Waals surface area contributed by atoms with Crippen LogP contribution in [-0.4, -0.2) is 42.0 Å². The Bertz CT molecular complexity index is 1790. The van der Waals surface area contributed by atoms with Crippen LogP contribution in [0.3, 0.4) is 0 Å². The predicted molar refractivity (Wildman–Crippen MR) is 183 cm³/mol. The second-order valence-corrected chi connectivity index (χ2v) is 14.1. The van der Waals surface area contributed by atoms with E-state index >= 15 is 0 Å². The van der Waals surface area contributed by atoms with Crippen LogP contribution in [0.1, 0.15) is 102 Å². The van der Waals surface area contributed by atoms with Crippen LogP contribution in [0, 0.1) is 0 Å². The summed E-state index contributed by atoms with van der Waals surface area (Å²) >= 11 is 0. The van der Waals surface area contributed by atoms with Crippen LogP contribution in [0.4, 0.5) is 47.8 Å². The Morgan fingerprint density at radius 1 is 0.717 bits per heavy atom. The molecule has 0 aliphatic rings. The average Bonchev–Trinajstić information content (AvgIpc) is 3.07. The summed E-state index contributed by atoms with van der Waals surface area (Å²) in [6, 6.07) is 9.86. The van der Waals surface area contributed by atoms with Crippen molar-refractivity contribution in [2.45, 2.75) is 126 Å². The van der Waals surface area contributed by atoms with E-state index in [0.29, 0.717) is 6.07 Å². The van der Waals surface area contributed by atoms with Gasteiger partial charge in [-0.25, -0.2) is 0 Å². The first-order valence-corrected chi connectivity index (χ1v) is 18.7. The van der Waals surface area contributed by atoms with Crippen LogP contribution in [0.2, 0.25) is 0 Å². The van der Waals surface area contributed by atoms with Crippen molar-refractivity contribution in [3.63, 3.8) is 0 Å². The molecule has 3 aromatic carbocycles. The predicted octanol–water partition coefficient (Wildman–Crippen LogP) is 8.46. The number of alkyl halides is 7. The Labute approximate surface area is 327 Å². The number of phenolic OH excluding ortho intramolecular Hbond substituents is 1. The van der Waals surface area contributed by atoms with Crippen molar-refractivity contribution < 1.29 is 83.5 Å². The first-order chi connectivity index (χ1) is 24.4. The van der Waals surface area contributed by atoms with E-state index < -0.39 is 61.4 Å². The molecule has 17 heteroatoms. The number of aliphatic imine (C=N–C) groups is 1. The number of hydrogen-bond donors (Lipinski definition) is 2. The van der Waals surface area contributed by atoms with Gasteiger partial charge in [0.15, 0.2) is 5.75 Å². The van der Waals surface area contributed by atoms with Gasteiger partial charge in [0.2, 0.25) is 0 Å². The molecular weight excluding hydrogens is 742 g/mol. The number of phenols is 1. The first kappa shape index (κ1) is 46.4. The van der Waals surface area contributed by atoms with Crippen LogP contribution in [-0.2, 0) is 16.5 Å². The summed E-state index contributed by atoms with van der Waals surface area (Å²) in [6.07, 6.45) is 11.6. The number of fused-ring (bicyclic) bond motifs is 1. The number of nitrogens with zero attached hydrogens (tertiary/aromatic N) is 3. The third-order valence-corrected chi connectivity index (χ3v) is 9.45. The molecule has 0 radical (unpaired) electrons. The zero-order valence-electron chi connectivity index (χ0n) is 29.7. The molecule has 0 atom stereocenters. The van der Waals surface area contributed by atoms with Gasteiger partial charge in [0, 0.05) is 11.3 Å². The maximum Gasteiger partial charge on any atom is 1.00 e. The fourth-order valence-corrected chi connectivity index (χ4v) is 6.21. The molecule has 0 amide bonds. The van der Waals surface area contributed by atoms with E-state index in [9.17, 15) is 53.9 Å². The molecule has 0 aliphatic carbocycles. The van der Waals surface area contributed by atoms with Crippen molar-refractivity contribution >= 4 is 43.9 Å². The molecule has 2 N–H and O–H groups in total. The molecule has 0 heterocycles. The topological polar surface area (TPSA) is 135 Å². The van der Waals surface area contributed by atoms with E-state index in [0.717, 1.165) is 49.4 Å². The summed E-state index contributed by atoms with van der Waals surface area (Å²) in [5.41, 5.74) is -0.427. The molecule has 53 heavy (non-hydrogen) atoms. The average molecular weight is 786 g/mol. The summed E-state index contributed by atoms with van der Waals surface area (Å²) in [4.78, 5) is 1.75. The number of rotatable bonds is 21. The molecular formula is C36H43F7N3NaO5S. The smallest absolute Gasteiger partial charge is 0.857 e. The van der Waals surface area contributed by atoms with Crippen molar-refractivity contribution in [1.82, 2.24) is 0 Å². The molecule has 0 aliphatic heterocycles. The van der Waals surface area contributed by atoms with E-state index in [1.807, 2.05) is 0 Å². The molecule has 0 saturated heterocycles. The number of aryl methyl sites for hydroxylation is 1. The summed E-state index contributed by atoms with van der Waals surface area (Å²) < 4.78 is 126. The second kappa shape index (κ2) is 20.8. The third-order valence-electron chi connectivity index (χ3n) is 8.58. The van der Waals surface area contributed by atoms with Crippen molar-refractivity contribution in [1.29, 1.82) is 0 Å². The van der Waals surface area contributed by atoms with Gasteiger partial charge in [-0.1, -0.05) is 109 Å². The number of unbranched alkanes of at least 4 members (excludes halogenated alkanes) is 13. The molecule has 0 unspecified atom stereocenters. The Hall–Kier alpha value is -2.79. The van der Waals surface area contributed by atoms with E-state index in [4.69, 9.17) is 0 Å². The number of benzene rings is 3. The normalized spacial score (nSPS) is 13.2. The van der Waals surface area contributed by atoms with Gasteiger partial charge in [0.1, 0.15) is 10.6 Å². The fraction of sp³-hybridized carbons (Fsp3) is 0.528. The van der Waals surface area contributed by atoms with Crippen LogP contribution in [0.25, 0.3) is 10.8 Å². The molecule has 288 valence electrons. The largest absolute Gasteiger partial charge is 1.00 e. The molecule has 0 aromatic heterocycles. The number of azo groups is 1. The molecule has 3 aromatic rings. The Morgan fingerprint density at radius 2 is 1.21 bits per heavy atom. The maximum atomic E-state index is 13.8. The summed E-state index contributed by atoms with van der Waals surface area (Å²) in [6.45, 7) is 2.22. The van der Waals surface area contributed by atoms with Gasteiger partial charge in [-0.2, -0.15) is 44.3 Å². The van der Waals surface area contributed by atoms with Gasteiger partial charge in [-0.3, -0.25) is 9.55 Å². The Balaban J connectivity index is 0.00000972. The maximum absolute atomic E-state index is 13.8. The van der Waals surface area contributed by atoms with Crippen molar-refractivity contribution in [2.24, 2.45) is 15.2 Å². The van der Waals surface area contributed by atoms with Crippen LogP contribution in [0.15, 0.2) is 68.6 Å². The molecule has 3 rings (SSSR count). The SMILES string of the molecule is CCCCCCCCCCCCCCCCc1ccc(N=Nc2c(S(=O)(=O)O)cc3ccc(N=C([O-])C(F)(F)C(F)(F)C(F)(F)F)cc3c2O)cc1.[Na+]. The quantitative estimate of drug-likeness (QED) is 0.0213. The molecule has 0 saturated carbocycles. The van der Waals surface area contributed by atoms with Crippen molar-refractivity contribution in [2.75, 3.05) is 0 Å². The number of aromatic hydroxyl groups is 1. The van der Waals surface area contributed by atoms with E-state index in [2.05, 4.69) is 22.1 Å². The minimum absolute atomic E-state index is 0. The summed E-state index contributed by atoms with van der Waals surface area (Å²) in [5, 5.41) is 29.7. The second-order valence-electron chi connectivity index (χ2n) is 12.7. The van der Waals surface area contributed by atoms with E-state index in [-0.39, 0.29) is 40.6 Å². The van der Waals surface area contributed by atoms with Gasteiger partial charge in [-0.05, 0) is 54.1 Å². The zero-order valence-corrected chi connectivity index (χ0v) is 32.6. The molecule has 0 spiro atoms. The van der Waals surface area contributed by atoms with E-state index in [1.165, 1.54) is 70.6 Å².